The third-order valence-electron chi connectivity index (χ3n) is 7.79. The molecular formula is C23H34O3. The second-order valence-corrected chi connectivity index (χ2v) is 9.49. The Morgan fingerprint density at radius 3 is 2.50 bits per heavy atom. The van der Waals surface area contributed by atoms with Gasteiger partial charge in [0.05, 0.1) is 0 Å². The predicted molar refractivity (Wildman–Crippen MR) is 103 cm³/mol. The van der Waals surface area contributed by atoms with Crippen LogP contribution in [0.5, 0.6) is 0 Å². The molecule has 2 aliphatic carbocycles. The number of Topliss-reactive ketones (excluding diaryl/α,β-unsaturated/α-hetero) is 1. The first-order valence-electron chi connectivity index (χ1n) is 10.3. The maximum absolute atomic E-state index is 12.4. The standard InChI is InChI=1S/C23H34O3/c1-14(2)15(3)7-8-16(4)18-9-10-19-20-13-21(25)26-23(20,17(5)24)12-11-22(18,19)6/h7-8,13-16,18-19H,9-12H2,1-6H3/b8-7+/t15-,16+,18+,19?,22+,23+/m0/s1. The van der Waals surface area contributed by atoms with E-state index in [9.17, 15) is 9.59 Å². The minimum atomic E-state index is -0.957. The Morgan fingerprint density at radius 2 is 1.88 bits per heavy atom. The summed E-state index contributed by atoms with van der Waals surface area (Å²) in [5.41, 5.74) is 0.156. The molecule has 0 amide bonds. The second-order valence-electron chi connectivity index (χ2n) is 9.49. The highest BCUT2D eigenvalue weighted by molar-refractivity contribution is 5.99. The lowest BCUT2D eigenvalue weighted by molar-refractivity contribution is -0.158. The number of hydrogen-bond donors (Lipinski definition) is 0. The van der Waals surface area contributed by atoms with Crippen molar-refractivity contribution in [3.63, 3.8) is 0 Å². The number of ketones is 1. The molecular weight excluding hydrogens is 324 g/mol. The fourth-order valence-corrected chi connectivity index (χ4v) is 5.68. The fourth-order valence-electron chi connectivity index (χ4n) is 5.68. The van der Waals surface area contributed by atoms with Crippen molar-refractivity contribution in [2.75, 3.05) is 0 Å². The molecule has 0 aromatic carbocycles. The van der Waals surface area contributed by atoms with E-state index in [0.717, 1.165) is 24.8 Å². The van der Waals surface area contributed by atoms with E-state index in [1.165, 1.54) is 0 Å². The zero-order chi connectivity index (χ0) is 19.3. The molecule has 3 heteroatoms. The van der Waals surface area contributed by atoms with Crippen molar-refractivity contribution in [1.82, 2.24) is 0 Å². The number of carbonyl (C=O) groups is 2. The van der Waals surface area contributed by atoms with Crippen molar-refractivity contribution >= 4 is 11.8 Å². The summed E-state index contributed by atoms with van der Waals surface area (Å²) in [6, 6.07) is 0. The van der Waals surface area contributed by atoms with Crippen molar-refractivity contribution in [3.05, 3.63) is 23.8 Å². The highest BCUT2D eigenvalue weighted by atomic mass is 16.6. The summed E-state index contributed by atoms with van der Waals surface area (Å²) in [6.45, 7) is 13.1. The lowest BCUT2D eigenvalue weighted by Gasteiger charge is -2.48. The number of carbonyl (C=O) groups excluding carboxylic acids is 2. The minimum Gasteiger partial charge on any atom is -0.443 e. The van der Waals surface area contributed by atoms with Gasteiger partial charge in [0.15, 0.2) is 11.4 Å². The normalized spacial score (nSPS) is 38.7. The fraction of sp³-hybridized carbons (Fsp3) is 0.739. The molecule has 144 valence electrons. The van der Waals surface area contributed by atoms with E-state index >= 15 is 0 Å². The van der Waals surface area contributed by atoms with Crippen molar-refractivity contribution in [3.8, 4) is 0 Å². The molecule has 0 spiro atoms. The lowest BCUT2D eigenvalue weighted by atomic mass is 9.57. The smallest absolute Gasteiger partial charge is 0.332 e. The van der Waals surface area contributed by atoms with Crippen LogP contribution >= 0.6 is 0 Å². The first-order valence-corrected chi connectivity index (χ1v) is 10.3. The number of esters is 1. The molecule has 6 atom stereocenters. The summed E-state index contributed by atoms with van der Waals surface area (Å²) >= 11 is 0. The summed E-state index contributed by atoms with van der Waals surface area (Å²) in [5.74, 6) is 2.28. The Bertz CT molecular complexity index is 658. The minimum absolute atomic E-state index is 0.0150. The van der Waals surface area contributed by atoms with Gasteiger partial charge in [0.1, 0.15) is 0 Å². The van der Waals surface area contributed by atoms with Crippen molar-refractivity contribution in [2.24, 2.45) is 35.0 Å². The third kappa shape index (κ3) is 2.88. The van der Waals surface area contributed by atoms with Gasteiger partial charge in [0.25, 0.3) is 0 Å². The molecule has 0 aromatic rings. The number of allylic oxidation sites excluding steroid dienone is 2. The van der Waals surface area contributed by atoms with E-state index in [2.05, 4.69) is 46.8 Å². The SMILES string of the molecule is CC(=O)[C@]12CC[C@@]3(C)C(CC[C@@H]3[C@H](C)/C=C/[C@H](C)C(C)C)C1=CC(=O)O2. The first-order chi connectivity index (χ1) is 12.1. The number of rotatable bonds is 5. The highest BCUT2D eigenvalue weighted by Crippen LogP contribution is 2.63. The van der Waals surface area contributed by atoms with Gasteiger partial charge in [0, 0.05) is 6.08 Å². The molecule has 2 fully saturated rings. The van der Waals surface area contributed by atoms with Crippen LogP contribution in [0.2, 0.25) is 0 Å². The van der Waals surface area contributed by atoms with Crippen LogP contribution in [-0.2, 0) is 14.3 Å². The monoisotopic (exact) mass is 358 g/mol. The number of ether oxygens (including phenoxy) is 1. The predicted octanol–water partition coefficient (Wildman–Crippen LogP) is 5.11. The van der Waals surface area contributed by atoms with Crippen LogP contribution in [0.25, 0.3) is 0 Å². The first kappa shape index (κ1) is 19.4. The average Bonchev–Trinajstić information content (AvgIpc) is 3.09. The van der Waals surface area contributed by atoms with E-state index in [1.807, 2.05) is 0 Å². The van der Waals surface area contributed by atoms with Gasteiger partial charge in [-0.3, -0.25) is 4.79 Å². The van der Waals surface area contributed by atoms with Crippen LogP contribution in [0.15, 0.2) is 23.8 Å². The van der Waals surface area contributed by atoms with Crippen molar-refractivity contribution in [1.29, 1.82) is 0 Å². The molecule has 0 saturated heterocycles. The van der Waals surface area contributed by atoms with Gasteiger partial charge in [-0.2, -0.15) is 0 Å². The van der Waals surface area contributed by atoms with Crippen molar-refractivity contribution < 1.29 is 14.3 Å². The Labute approximate surface area is 158 Å². The zero-order valence-electron chi connectivity index (χ0n) is 17.2. The Hall–Kier alpha value is -1.38. The Morgan fingerprint density at radius 1 is 1.19 bits per heavy atom. The summed E-state index contributed by atoms with van der Waals surface area (Å²) in [7, 11) is 0. The van der Waals surface area contributed by atoms with Gasteiger partial charge < -0.3 is 4.74 Å². The molecule has 1 unspecified atom stereocenters. The van der Waals surface area contributed by atoms with Crippen LogP contribution in [0.4, 0.5) is 0 Å². The van der Waals surface area contributed by atoms with Gasteiger partial charge in [0.2, 0.25) is 0 Å². The molecule has 0 radical (unpaired) electrons. The molecule has 3 aliphatic rings. The van der Waals surface area contributed by atoms with Crippen LogP contribution in [0.1, 0.15) is 67.2 Å². The quantitative estimate of drug-likeness (QED) is 0.507. The van der Waals surface area contributed by atoms with E-state index in [1.54, 1.807) is 13.0 Å². The second kappa shape index (κ2) is 6.65. The molecule has 0 N–H and O–H groups in total. The highest BCUT2D eigenvalue weighted by Gasteiger charge is 2.61. The maximum atomic E-state index is 12.4. The third-order valence-corrected chi connectivity index (χ3v) is 7.79. The number of fused-ring (bicyclic) bond motifs is 3. The van der Waals surface area contributed by atoms with Crippen LogP contribution in [-0.4, -0.2) is 17.4 Å². The topological polar surface area (TPSA) is 43.4 Å². The van der Waals surface area contributed by atoms with Gasteiger partial charge in [-0.05, 0) is 73.2 Å². The average molecular weight is 359 g/mol. The summed E-state index contributed by atoms with van der Waals surface area (Å²) in [6.07, 6.45) is 10.2. The molecule has 2 saturated carbocycles. The molecule has 26 heavy (non-hydrogen) atoms. The Balaban J connectivity index is 1.85. The molecule has 3 rings (SSSR count). The van der Waals surface area contributed by atoms with Crippen molar-refractivity contribution in [2.45, 2.75) is 72.8 Å². The van der Waals surface area contributed by atoms with Gasteiger partial charge in [-0.15, -0.1) is 0 Å². The van der Waals surface area contributed by atoms with Gasteiger partial charge in [-0.25, -0.2) is 4.79 Å². The molecule has 1 aliphatic heterocycles. The number of hydrogen-bond acceptors (Lipinski definition) is 3. The summed E-state index contributed by atoms with van der Waals surface area (Å²) < 4.78 is 5.57. The van der Waals surface area contributed by atoms with Crippen LogP contribution < -0.4 is 0 Å². The maximum Gasteiger partial charge on any atom is 0.332 e. The van der Waals surface area contributed by atoms with Gasteiger partial charge >= 0.3 is 5.97 Å². The lowest BCUT2D eigenvalue weighted by Crippen LogP contribution is -2.50. The van der Waals surface area contributed by atoms with E-state index in [4.69, 9.17) is 4.74 Å². The Kier molecular flexibility index (Phi) is 4.96. The molecule has 1 heterocycles. The summed E-state index contributed by atoms with van der Waals surface area (Å²) in [4.78, 5) is 24.4. The van der Waals surface area contributed by atoms with Crippen LogP contribution in [0.3, 0.4) is 0 Å². The van der Waals surface area contributed by atoms with E-state index < -0.39 is 5.60 Å². The molecule has 0 aromatic heterocycles. The largest absolute Gasteiger partial charge is 0.443 e. The summed E-state index contributed by atoms with van der Waals surface area (Å²) in [5, 5.41) is 0. The van der Waals surface area contributed by atoms with Crippen LogP contribution in [0, 0.1) is 35.0 Å². The molecule has 0 bridgehead atoms. The van der Waals surface area contributed by atoms with Gasteiger partial charge in [-0.1, -0.05) is 46.8 Å². The molecule has 3 nitrogen and oxygen atoms in total. The van der Waals surface area contributed by atoms with E-state index in [0.29, 0.717) is 30.1 Å². The zero-order valence-corrected chi connectivity index (χ0v) is 17.2. The van der Waals surface area contributed by atoms with E-state index in [-0.39, 0.29) is 23.1 Å².